The minimum atomic E-state index is 0.787. The van der Waals surface area contributed by atoms with Crippen LogP contribution >= 0.6 is 0 Å². The van der Waals surface area contributed by atoms with Gasteiger partial charge >= 0.3 is 0 Å². The average Bonchev–Trinajstić information content (AvgIpc) is 2.67. The second-order valence-corrected chi connectivity index (χ2v) is 3.95. The first-order chi connectivity index (χ1) is 7.74. The lowest BCUT2D eigenvalue weighted by molar-refractivity contribution is 0.161. The Labute approximate surface area is 97.2 Å². The lowest BCUT2D eigenvalue weighted by Crippen LogP contribution is -2.31. The molecule has 5 heteroatoms. The molecule has 0 aliphatic heterocycles. The summed E-state index contributed by atoms with van der Waals surface area (Å²) in [5.41, 5.74) is 2.24. The van der Waals surface area contributed by atoms with Crippen LogP contribution in [0.3, 0.4) is 0 Å². The summed E-state index contributed by atoms with van der Waals surface area (Å²) in [6, 6.07) is 0. The van der Waals surface area contributed by atoms with Gasteiger partial charge < -0.3 is 19.9 Å². The van der Waals surface area contributed by atoms with Crippen LogP contribution in [0.2, 0.25) is 0 Å². The molecule has 1 aromatic rings. The van der Waals surface area contributed by atoms with Gasteiger partial charge in [-0.3, -0.25) is 0 Å². The zero-order valence-corrected chi connectivity index (χ0v) is 10.4. The van der Waals surface area contributed by atoms with Gasteiger partial charge in [0.15, 0.2) is 0 Å². The minimum Gasteiger partial charge on any atom is -0.383 e. The lowest BCUT2D eigenvalue weighted by Gasteiger charge is -2.15. The van der Waals surface area contributed by atoms with E-state index in [4.69, 9.17) is 4.74 Å². The Morgan fingerprint density at radius 3 is 2.94 bits per heavy atom. The molecule has 1 rings (SSSR count). The van der Waals surface area contributed by atoms with Gasteiger partial charge in [-0.05, 0) is 14.0 Å². The zero-order valence-electron chi connectivity index (χ0n) is 10.4. The zero-order chi connectivity index (χ0) is 11.8. The van der Waals surface area contributed by atoms with Crippen molar-refractivity contribution in [3.8, 4) is 0 Å². The summed E-state index contributed by atoms with van der Waals surface area (Å²) >= 11 is 0. The number of ether oxygens (including phenoxy) is 1. The molecule has 0 saturated carbocycles. The van der Waals surface area contributed by atoms with Crippen LogP contribution in [-0.4, -0.2) is 55.3 Å². The van der Waals surface area contributed by atoms with Crippen LogP contribution in [0.25, 0.3) is 0 Å². The second kappa shape index (κ2) is 7.38. The number of nitrogens with one attached hydrogen (secondary N) is 2. The van der Waals surface area contributed by atoms with Gasteiger partial charge in [-0.25, -0.2) is 4.98 Å². The molecule has 0 atom stereocenters. The van der Waals surface area contributed by atoms with E-state index in [0.717, 1.165) is 44.2 Å². The molecule has 1 heterocycles. The Morgan fingerprint density at radius 2 is 2.31 bits per heavy atom. The molecular formula is C11H22N4O. The Balaban J connectivity index is 2.06. The fraction of sp³-hybridized carbons (Fsp3) is 0.727. The fourth-order valence-electron chi connectivity index (χ4n) is 1.40. The maximum Gasteiger partial charge on any atom is 0.0925 e. The summed E-state index contributed by atoms with van der Waals surface area (Å²) in [7, 11) is 3.83. The number of aromatic amines is 1. The van der Waals surface area contributed by atoms with Crippen LogP contribution in [0, 0.1) is 6.92 Å². The van der Waals surface area contributed by atoms with Crippen molar-refractivity contribution >= 4 is 0 Å². The summed E-state index contributed by atoms with van der Waals surface area (Å²) in [6.45, 7) is 6.61. The number of hydrogen-bond donors (Lipinski definition) is 2. The van der Waals surface area contributed by atoms with E-state index in [1.807, 2.05) is 6.92 Å². The van der Waals surface area contributed by atoms with E-state index in [0.29, 0.717) is 0 Å². The third-order valence-electron chi connectivity index (χ3n) is 2.57. The van der Waals surface area contributed by atoms with E-state index >= 15 is 0 Å². The van der Waals surface area contributed by atoms with Gasteiger partial charge in [0.05, 0.1) is 18.6 Å². The standard InChI is InChI=1S/C11H22N4O/c1-10-11(14-9-13-10)8-12-4-5-15(2)6-7-16-3/h9,12H,4-8H2,1-3H3,(H,13,14). The molecule has 0 aliphatic rings. The third-order valence-corrected chi connectivity index (χ3v) is 2.57. The van der Waals surface area contributed by atoms with Gasteiger partial charge in [0.2, 0.25) is 0 Å². The highest BCUT2D eigenvalue weighted by molar-refractivity contribution is 5.07. The van der Waals surface area contributed by atoms with Gasteiger partial charge in [-0.15, -0.1) is 0 Å². The number of likely N-dealkylation sites (N-methyl/N-ethyl adjacent to an activating group) is 1. The van der Waals surface area contributed by atoms with Crippen molar-refractivity contribution in [2.45, 2.75) is 13.5 Å². The first kappa shape index (κ1) is 13.2. The fourth-order valence-corrected chi connectivity index (χ4v) is 1.40. The SMILES string of the molecule is COCCN(C)CCNCc1nc[nH]c1C. The van der Waals surface area contributed by atoms with Crippen LogP contribution < -0.4 is 5.32 Å². The maximum atomic E-state index is 5.02. The highest BCUT2D eigenvalue weighted by Gasteiger charge is 2.00. The molecule has 0 aliphatic carbocycles. The van der Waals surface area contributed by atoms with Crippen molar-refractivity contribution in [3.05, 3.63) is 17.7 Å². The van der Waals surface area contributed by atoms with Crippen molar-refractivity contribution in [2.75, 3.05) is 40.4 Å². The van der Waals surface area contributed by atoms with Gasteiger partial charge in [0.25, 0.3) is 0 Å². The summed E-state index contributed by atoms with van der Waals surface area (Å²) < 4.78 is 5.02. The number of imidazole rings is 1. The van der Waals surface area contributed by atoms with E-state index in [2.05, 4.69) is 27.2 Å². The average molecular weight is 226 g/mol. The Hall–Kier alpha value is -0.910. The third kappa shape index (κ3) is 4.74. The molecule has 0 aromatic carbocycles. The van der Waals surface area contributed by atoms with E-state index in [9.17, 15) is 0 Å². The number of aryl methyl sites for hydroxylation is 1. The molecule has 0 saturated heterocycles. The van der Waals surface area contributed by atoms with E-state index in [1.54, 1.807) is 13.4 Å². The first-order valence-corrected chi connectivity index (χ1v) is 5.61. The largest absolute Gasteiger partial charge is 0.383 e. The van der Waals surface area contributed by atoms with E-state index < -0.39 is 0 Å². The normalized spacial score (nSPS) is 11.2. The first-order valence-electron chi connectivity index (χ1n) is 5.61. The molecule has 2 N–H and O–H groups in total. The second-order valence-electron chi connectivity index (χ2n) is 3.95. The number of rotatable bonds is 8. The maximum absolute atomic E-state index is 5.02. The van der Waals surface area contributed by atoms with Gasteiger partial charge in [-0.2, -0.15) is 0 Å². The summed E-state index contributed by atoms with van der Waals surface area (Å²) in [5, 5.41) is 3.37. The minimum absolute atomic E-state index is 0.787. The molecule has 16 heavy (non-hydrogen) atoms. The molecule has 0 spiro atoms. The summed E-state index contributed by atoms with van der Waals surface area (Å²) in [6.07, 6.45) is 1.73. The topological polar surface area (TPSA) is 53.2 Å². The highest BCUT2D eigenvalue weighted by atomic mass is 16.5. The lowest BCUT2D eigenvalue weighted by atomic mass is 10.3. The quantitative estimate of drug-likeness (QED) is 0.630. The number of nitrogens with zero attached hydrogens (tertiary/aromatic N) is 2. The molecule has 5 nitrogen and oxygen atoms in total. The van der Waals surface area contributed by atoms with Crippen molar-refractivity contribution in [3.63, 3.8) is 0 Å². The molecular weight excluding hydrogens is 204 g/mol. The van der Waals surface area contributed by atoms with Crippen LogP contribution in [0.15, 0.2) is 6.33 Å². The number of aromatic nitrogens is 2. The highest BCUT2D eigenvalue weighted by Crippen LogP contribution is 1.98. The van der Waals surface area contributed by atoms with Gasteiger partial charge in [-0.1, -0.05) is 0 Å². The predicted octanol–water partition coefficient (Wildman–Crippen LogP) is 0.386. The van der Waals surface area contributed by atoms with Gasteiger partial charge in [0, 0.05) is 39.0 Å². The Morgan fingerprint density at radius 1 is 1.50 bits per heavy atom. The van der Waals surface area contributed by atoms with E-state index in [-0.39, 0.29) is 0 Å². The molecule has 92 valence electrons. The molecule has 0 radical (unpaired) electrons. The Bertz CT molecular complexity index is 287. The molecule has 0 fully saturated rings. The number of hydrogen-bond acceptors (Lipinski definition) is 4. The molecule has 0 unspecified atom stereocenters. The van der Waals surface area contributed by atoms with Crippen molar-refractivity contribution in [1.82, 2.24) is 20.2 Å². The smallest absolute Gasteiger partial charge is 0.0925 e. The van der Waals surface area contributed by atoms with Crippen LogP contribution in [0.1, 0.15) is 11.4 Å². The van der Waals surface area contributed by atoms with Crippen LogP contribution in [-0.2, 0) is 11.3 Å². The van der Waals surface area contributed by atoms with Crippen molar-refractivity contribution < 1.29 is 4.74 Å². The molecule has 0 amide bonds. The molecule has 0 bridgehead atoms. The van der Waals surface area contributed by atoms with Crippen molar-refractivity contribution in [1.29, 1.82) is 0 Å². The number of methoxy groups -OCH3 is 1. The summed E-state index contributed by atoms with van der Waals surface area (Å²) in [4.78, 5) is 9.54. The van der Waals surface area contributed by atoms with Crippen molar-refractivity contribution in [2.24, 2.45) is 0 Å². The van der Waals surface area contributed by atoms with Crippen LogP contribution in [0.4, 0.5) is 0 Å². The Kier molecular flexibility index (Phi) is 6.07. The predicted molar refractivity (Wildman–Crippen MR) is 64.4 cm³/mol. The van der Waals surface area contributed by atoms with Crippen LogP contribution in [0.5, 0.6) is 0 Å². The molecule has 1 aromatic heterocycles. The van der Waals surface area contributed by atoms with Gasteiger partial charge in [0.1, 0.15) is 0 Å². The monoisotopic (exact) mass is 226 g/mol. The van der Waals surface area contributed by atoms with E-state index in [1.165, 1.54) is 0 Å². The summed E-state index contributed by atoms with van der Waals surface area (Å²) in [5.74, 6) is 0. The number of H-pyrrole nitrogens is 1.